The van der Waals surface area contributed by atoms with Gasteiger partial charge >= 0.3 is 0 Å². The topological polar surface area (TPSA) is 23.8 Å². The van der Waals surface area contributed by atoms with Crippen LogP contribution < -0.4 is 0 Å². The first-order valence-corrected chi connectivity index (χ1v) is 2.83. The summed E-state index contributed by atoms with van der Waals surface area (Å²) in [5.74, 6) is 0. The van der Waals surface area contributed by atoms with Gasteiger partial charge in [-0.15, -0.1) is 0 Å². The third-order valence-corrected chi connectivity index (χ3v) is 1.11. The molecule has 1 aliphatic carbocycles. The Morgan fingerprint density at radius 2 is 2.33 bits per heavy atom. The Morgan fingerprint density at radius 1 is 1.56 bits per heavy atom. The van der Waals surface area contributed by atoms with Gasteiger partial charge in [-0.2, -0.15) is 5.70 Å². The van der Waals surface area contributed by atoms with Crippen LogP contribution in [0.2, 0.25) is 0 Å². The van der Waals surface area contributed by atoms with Gasteiger partial charge in [0.1, 0.15) is 0 Å². The lowest BCUT2D eigenvalue weighted by Gasteiger charge is -2.09. The van der Waals surface area contributed by atoms with Crippen LogP contribution in [0.3, 0.4) is 0 Å². The largest absolute Gasteiger partial charge is 0.702 e. The lowest BCUT2D eigenvalue weighted by Crippen LogP contribution is -1.83. The molecule has 46 valence electrons. The number of allylic oxidation sites excluding steroid dienone is 6. The molecule has 0 atom stereocenters. The molecular weight excluding hydrogens is 110 g/mol. The van der Waals surface area contributed by atoms with Crippen molar-refractivity contribution in [2.75, 3.05) is 0 Å². The fourth-order valence-electron chi connectivity index (χ4n) is 0.627. The summed E-state index contributed by atoms with van der Waals surface area (Å²) in [5, 5.41) is 0. The van der Waals surface area contributed by atoms with E-state index in [2.05, 4.69) is 6.42 Å². The van der Waals surface area contributed by atoms with E-state index in [0.29, 0.717) is 5.70 Å². The summed E-state index contributed by atoms with van der Waals surface area (Å²) in [7, 11) is 0. The average Bonchev–Trinajstić information content (AvgIpc) is 1.90. The maximum absolute atomic E-state index is 7.20. The van der Waals surface area contributed by atoms with Crippen molar-refractivity contribution in [2.24, 2.45) is 0 Å². The van der Waals surface area contributed by atoms with E-state index in [-0.39, 0.29) is 0 Å². The third kappa shape index (κ3) is 1.46. The molecule has 9 heavy (non-hydrogen) atoms. The molecule has 0 bridgehead atoms. The number of rotatable bonds is 0. The van der Waals surface area contributed by atoms with Crippen LogP contribution >= 0.6 is 0 Å². The summed E-state index contributed by atoms with van der Waals surface area (Å²) >= 11 is 0. The molecule has 0 aliphatic heterocycles. The van der Waals surface area contributed by atoms with Gasteiger partial charge in [0, 0.05) is 6.42 Å². The van der Waals surface area contributed by atoms with Crippen LogP contribution in [0.1, 0.15) is 6.92 Å². The van der Waals surface area contributed by atoms with Crippen LogP contribution in [0.25, 0.3) is 5.73 Å². The van der Waals surface area contributed by atoms with Gasteiger partial charge in [-0.1, -0.05) is 36.8 Å². The monoisotopic (exact) mass is 118 g/mol. The van der Waals surface area contributed by atoms with Crippen LogP contribution in [0, 0.1) is 6.42 Å². The minimum absolute atomic E-state index is 0.565. The highest BCUT2D eigenvalue weighted by molar-refractivity contribution is 5.42. The zero-order valence-corrected chi connectivity index (χ0v) is 5.31. The van der Waals surface area contributed by atoms with Gasteiger partial charge in [0.2, 0.25) is 0 Å². The molecule has 1 aliphatic rings. The molecule has 0 aromatic heterocycles. The molecule has 0 saturated heterocycles. The molecule has 0 aromatic carbocycles. The van der Waals surface area contributed by atoms with Gasteiger partial charge in [-0.3, -0.25) is 0 Å². The second-order valence-electron chi connectivity index (χ2n) is 1.90. The summed E-state index contributed by atoms with van der Waals surface area (Å²) in [6.45, 7) is 1.76. The van der Waals surface area contributed by atoms with E-state index in [0.717, 1.165) is 5.57 Å². The fourth-order valence-corrected chi connectivity index (χ4v) is 0.627. The molecule has 1 N–H and O–H groups in total. The normalized spacial score (nSPS) is 22.3. The Labute approximate surface area is 55.6 Å². The van der Waals surface area contributed by atoms with Crippen LogP contribution in [-0.2, 0) is 0 Å². The molecule has 1 nitrogen and oxygen atoms in total. The molecule has 1 heteroatoms. The van der Waals surface area contributed by atoms with Gasteiger partial charge in [0.05, 0.1) is 0 Å². The molecule has 0 saturated carbocycles. The van der Waals surface area contributed by atoms with E-state index in [1.54, 1.807) is 6.92 Å². The highest BCUT2D eigenvalue weighted by Crippen LogP contribution is 2.13. The van der Waals surface area contributed by atoms with Crippen molar-refractivity contribution >= 4 is 0 Å². The predicted molar refractivity (Wildman–Crippen MR) is 38.5 cm³/mol. The summed E-state index contributed by atoms with van der Waals surface area (Å²) in [4.78, 5) is 0. The van der Waals surface area contributed by atoms with E-state index < -0.39 is 0 Å². The lowest BCUT2D eigenvalue weighted by molar-refractivity contribution is 1.40. The van der Waals surface area contributed by atoms with Crippen LogP contribution in [0.15, 0.2) is 35.6 Å². The van der Waals surface area contributed by atoms with Crippen molar-refractivity contribution < 1.29 is 0 Å². The second-order valence-corrected chi connectivity index (χ2v) is 1.90. The minimum atomic E-state index is 0.565. The Bertz CT molecular complexity index is 181. The van der Waals surface area contributed by atoms with E-state index in [9.17, 15) is 0 Å². The molecule has 0 heterocycles. The van der Waals surface area contributed by atoms with Crippen molar-refractivity contribution in [3.8, 4) is 0 Å². The molecule has 0 spiro atoms. The molecule has 1 rings (SSSR count). The first-order chi connectivity index (χ1) is 4.30. The Balaban J connectivity index is 2.78. The summed E-state index contributed by atoms with van der Waals surface area (Å²) in [5.41, 5.74) is 8.64. The summed E-state index contributed by atoms with van der Waals surface area (Å²) in [6, 6.07) is 0. The summed E-state index contributed by atoms with van der Waals surface area (Å²) < 4.78 is 0. The van der Waals surface area contributed by atoms with Gasteiger partial charge in [-0.25, -0.2) is 0 Å². The molecular formula is C8H8N-. The van der Waals surface area contributed by atoms with E-state index >= 15 is 0 Å². The minimum Gasteiger partial charge on any atom is -0.702 e. The van der Waals surface area contributed by atoms with Crippen molar-refractivity contribution in [2.45, 2.75) is 6.92 Å². The zero-order valence-electron chi connectivity index (χ0n) is 5.31. The number of hydrogen-bond donors (Lipinski definition) is 0. The lowest BCUT2D eigenvalue weighted by atomic mass is 10.1. The smallest absolute Gasteiger partial charge is 0.0406 e. The van der Waals surface area contributed by atoms with Gasteiger partial charge in [0.25, 0.3) is 0 Å². The number of nitrogens with one attached hydrogen (secondary N) is 1. The highest BCUT2D eigenvalue weighted by Gasteiger charge is 1.91. The summed E-state index contributed by atoms with van der Waals surface area (Å²) in [6.07, 6.45) is 10.4. The molecule has 0 aromatic rings. The number of hydrogen-bond acceptors (Lipinski definition) is 0. The van der Waals surface area contributed by atoms with Gasteiger partial charge < -0.3 is 5.73 Å². The Kier molecular flexibility index (Phi) is 1.73. The predicted octanol–water partition coefficient (Wildman–Crippen LogP) is 2.52. The first kappa shape index (κ1) is 6.14. The van der Waals surface area contributed by atoms with Crippen molar-refractivity contribution in [3.05, 3.63) is 47.7 Å². The third-order valence-electron chi connectivity index (χ3n) is 1.11. The first-order valence-electron chi connectivity index (χ1n) is 2.83. The maximum Gasteiger partial charge on any atom is 0.0406 e. The second kappa shape index (κ2) is 2.53. The van der Waals surface area contributed by atoms with E-state index in [1.165, 1.54) is 0 Å². The van der Waals surface area contributed by atoms with E-state index in [1.807, 2.05) is 24.3 Å². The Morgan fingerprint density at radius 3 is 2.67 bits per heavy atom. The van der Waals surface area contributed by atoms with Crippen LogP contribution in [0.4, 0.5) is 0 Å². The molecule has 0 unspecified atom stereocenters. The van der Waals surface area contributed by atoms with Gasteiger partial charge in [-0.05, 0) is 0 Å². The standard InChI is InChI=1S/C8H8N/c1-7(9)8-5-3-2-4-6-8/h2-5,9H,1H3/q-1/b8-7-. The fraction of sp³-hybridized carbons (Fsp3) is 0.125. The van der Waals surface area contributed by atoms with Gasteiger partial charge in [0.15, 0.2) is 0 Å². The Hall–Kier alpha value is -0.980. The van der Waals surface area contributed by atoms with Crippen molar-refractivity contribution in [1.82, 2.24) is 0 Å². The average molecular weight is 118 g/mol. The van der Waals surface area contributed by atoms with Crippen molar-refractivity contribution in [1.29, 1.82) is 0 Å². The molecule has 0 amide bonds. The van der Waals surface area contributed by atoms with Crippen LogP contribution in [0.5, 0.6) is 0 Å². The maximum atomic E-state index is 7.20. The molecule has 2 radical (unpaired) electrons. The molecule has 0 fully saturated rings. The van der Waals surface area contributed by atoms with Crippen LogP contribution in [-0.4, -0.2) is 0 Å². The quantitative estimate of drug-likeness (QED) is 0.466. The zero-order chi connectivity index (χ0) is 6.69. The SMILES string of the molecule is C/C([NH-])=C1/[C]C=CC=C1. The highest BCUT2D eigenvalue weighted by atomic mass is 14.6. The van der Waals surface area contributed by atoms with E-state index in [4.69, 9.17) is 5.73 Å². The van der Waals surface area contributed by atoms with Crippen molar-refractivity contribution in [3.63, 3.8) is 0 Å².